The largest absolute Gasteiger partial charge is 0.332 e. The summed E-state index contributed by atoms with van der Waals surface area (Å²) >= 11 is 5.33. The first kappa shape index (κ1) is 21.4. The number of thiocarbonyl (C=S) groups is 1. The molecule has 0 aliphatic carbocycles. The molecule has 0 aliphatic heterocycles. The molecule has 0 fully saturated rings. The predicted molar refractivity (Wildman–Crippen MR) is 127 cm³/mol. The smallest absolute Gasteiger partial charge is 0.264 e. The Morgan fingerprint density at radius 2 is 1.62 bits per heavy atom. The van der Waals surface area contributed by atoms with E-state index >= 15 is 0 Å². The Hall–Kier alpha value is -3.83. The molecule has 2 aromatic heterocycles. The third-order valence-corrected chi connectivity index (χ3v) is 5.83. The number of nitrogens with one attached hydrogen (secondary N) is 3. The number of nitrogens with zero attached hydrogens (tertiary/aromatic N) is 4. The van der Waals surface area contributed by atoms with Crippen LogP contribution in [-0.4, -0.2) is 33.3 Å². The fourth-order valence-electron chi connectivity index (χ4n) is 2.81. The lowest BCUT2D eigenvalue weighted by Gasteiger charge is -2.10. The van der Waals surface area contributed by atoms with Crippen LogP contribution in [0.15, 0.2) is 90.2 Å². The van der Waals surface area contributed by atoms with Gasteiger partial charge in [-0.05, 0) is 48.1 Å². The summed E-state index contributed by atoms with van der Waals surface area (Å²) in [4.78, 5) is 7.81. The molecular weight excluding hydrogens is 446 g/mol. The first-order valence-corrected chi connectivity index (χ1v) is 11.4. The Labute approximate surface area is 190 Å². The molecule has 0 atom stereocenters. The number of rotatable bonds is 7. The van der Waals surface area contributed by atoms with Gasteiger partial charge in [0.25, 0.3) is 10.0 Å². The third kappa shape index (κ3) is 5.65. The van der Waals surface area contributed by atoms with Crippen LogP contribution in [0.3, 0.4) is 0 Å². The molecule has 3 N–H and O–H groups in total. The zero-order valence-corrected chi connectivity index (χ0v) is 18.3. The van der Waals surface area contributed by atoms with Crippen molar-refractivity contribution in [2.75, 3.05) is 15.4 Å². The zero-order chi connectivity index (χ0) is 22.4. The van der Waals surface area contributed by atoms with Crippen LogP contribution in [0.2, 0.25) is 0 Å². The topological polar surface area (TPSA) is 114 Å². The average molecular weight is 466 g/mol. The molecule has 0 amide bonds. The Bertz CT molecular complexity index is 1290. The monoisotopic (exact) mass is 465 g/mol. The van der Waals surface area contributed by atoms with E-state index in [1.54, 1.807) is 18.2 Å². The second-order valence-corrected chi connectivity index (χ2v) is 8.76. The van der Waals surface area contributed by atoms with E-state index in [0.29, 0.717) is 23.2 Å². The van der Waals surface area contributed by atoms with E-state index in [2.05, 4.69) is 30.4 Å². The molecule has 4 rings (SSSR count). The van der Waals surface area contributed by atoms with Gasteiger partial charge < -0.3 is 10.6 Å². The molecule has 0 spiro atoms. The van der Waals surface area contributed by atoms with Crippen molar-refractivity contribution >= 4 is 44.8 Å². The molecule has 4 aromatic rings. The summed E-state index contributed by atoms with van der Waals surface area (Å²) < 4.78 is 29.0. The lowest BCUT2D eigenvalue weighted by molar-refractivity contribution is 0.601. The minimum atomic E-state index is -3.79. The van der Waals surface area contributed by atoms with Gasteiger partial charge in [-0.2, -0.15) is 5.10 Å². The van der Waals surface area contributed by atoms with E-state index in [0.717, 1.165) is 5.56 Å². The van der Waals surface area contributed by atoms with Gasteiger partial charge in [0, 0.05) is 30.3 Å². The third-order valence-electron chi connectivity index (χ3n) is 4.28. The van der Waals surface area contributed by atoms with Crippen molar-refractivity contribution in [2.24, 2.45) is 0 Å². The highest BCUT2D eigenvalue weighted by molar-refractivity contribution is 7.92. The van der Waals surface area contributed by atoms with Crippen molar-refractivity contribution in [1.29, 1.82) is 0 Å². The molecule has 0 radical (unpaired) electrons. The van der Waals surface area contributed by atoms with Gasteiger partial charge in [-0.3, -0.25) is 4.68 Å². The molecule has 2 aromatic carbocycles. The number of benzene rings is 2. The number of hydrogen-bond donors (Lipinski definition) is 3. The van der Waals surface area contributed by atoms with Crippen LogP contribution in [0.5, 0.6) is 0 Å². The maximum Gasteiger partial charge on any atom is 0.264 e. The van der Waals surface area contributed by atoms with Crippen LogP contribution < -0.4 is 15.4 Å². The summed E-state index contributed by atoms with van der Waals surface area (Å²) in [6.45, 7) is 0.653. The highest BCUT2D eigenvalue weighted by atomic mass is 32.2. The van der Waals surface area contributed by atoms with E-state index < -0.39 is 10.0 Å². The quantitative estimate of drug-likeness (QED) is 0.356. The summed E-state index contributed by atoms with van der Waals surface area (Å²) in [7, 11) is -3.79. The van der Waals surface area contributed by atoms with E-state index in [1.165, 1.54) is 24.5 Å². The predicted octanol–water partition coefficient (Wildman–Crippen LogP) is 3.33. The van der Waals surface area contributed by atoms with Crippen LogP contribution in [0.1, 0.15) is 5.56 Å². The first-order chi connectivity index (χ1) is 15.5. The Kier molecular flexibility index (Phi) is 6.38. The van der Waals surface area contributed by atoms with Gasteiger partial charge in [0.05, 0.1) is 11.4 Å². The normalized spacial score (nSPS) is 11.0. The van der Waals surface area contributed by atoms with Crippen molar-refractivity contribution in [3.63, 3.8) is 0 Å². The number of anilines is 3. The molecule has 2 heterocycles. The van der Waals surface area contributed by atoms with Crippen molar-refractivity contribution in [1.82, 2.24) is 19.7 Å². The van der Waals surface area contributed by atoms with E-state index in [9.17, 15) is 8.42 Å². The van der Waals surface area contributed by atoms with Gasteiger partial charge in [-0.15, -0.1) is 0 Å². The van der Waals surface area contributed by atoms with Gasteiger partial charge >= 0.3 is 0 Å². The van der Waals surface area contributed by atoms with Crippen molar-refractivity contribution in [3.05, 3.63) is 90.9 Å². The fourth-order valence-corrected chi connectivity index (χ4v) is 3.99. The molecule has 0 saturated heterocycles. The molecule has 0 aliphatic rings. The lowest BCUT2D eigenvalue weighted by Crippen LogP contribution is -2.20. The molecule has 11 heteroatoms. The van der Waals surface area contributed by atoms with Crippen LogP contribution in [0, 0.1) is 0 Å². The van der Waals surface area contributed by atoms with Crippen molar-refractivity contribution in [2.45, 2.75) is 11.4 Å². The lowest BCUT2D eigenvalue weighted by atomic mass is 10.2. The van der Waals surface area contributed by atoms with Crippen LogP contribution in [-0.2, 0) is 16.6 Å². The Morgan fingerprint density at radius 1 is 0.906 bits per heavy atom. The van der Waals surface area contributed by atoms with Crippen LogP contribution in [0.25, 0.3) is 0 Å². The second kappa shape index (κ2) is 9.54. The van der Waals surface area contributed by atoms with Crippen LogP contribution in [0.4, 0.5) is 17.5 Å². The Morgan fingerprint density at radius 3 is 2.34 bits per heavy atom. The standard InChI is InChI=1S/C21H19N7O2S2/c29-32(30,27-20-22-12-4-13-23-20)18-9-7-17(8-10-18)24-21(31)25-19-11-14-28(26-19)15-16-5-2-1-3-6-16/h1-14H,15H2,(H,22,23,27)(H2,24,25,26,31). The number of aromatic nitrogens is 4. The molecule has 162 valence electrons. The van der Waals surface area contributed by atoms with Crippen LogP contribution >= 0.6 is 12.2 Å². The highest BCUT2D eigenvalue weighted by Crippen LogP contribution is 2.17. The van der Waals surface area contributed by atoms with Crippen molar-refractivity contribution in [3.8, 4) is 0 Å². The SMILES string of the molecule is O=S(=O)(Nc1ncccn1)c1ccc(NC(=S)Nc2ccn(Cc3ccccc3)n2)cc1. The molecule has 0 bridgehead atoms. The van der Waals surface area contributed by atoms with Gasteiger partial charge in [-0.25, -0.2) is 23.1 Å². The Balaban J connectivity index is 1.34. The summed E-state index contributed by atoms with van der Waals surface area (Å²) in [5.74, 6) is 0.608. The summed E-state index contributed by atoms with van der Waals surface area (Å²) in [5.41, 5.74) is 1.77. The molecular formula is C21H19N7O2S2. The molecule has 0 unspecified atom stereocenters. The summed E-state index contributed by atoms with van der Waals surface area (Å²) in [6.07, 6.45) is 4.77. The first-order valence-electron chi connectivity index (χ1n) is 9.53. The maximum atomic E-state index is 12.4. The number of hydrogen-bond acceptors (Lipinski definition) is 6. The summed E-state index contributed by atoms with van der Waals surface area (Å²) in [6, 6.07) is 19.6. The van der Waals surface area contributed by atoms with Gasteiger partial charge in [0.2, 0.25) is 5.95 Å². The molecule has 32 heavy (non-hydrogen) atoms. The summed E-state index contributed by atoms with van der Waals surface area (Å²) in [5, 5.41) is 10.8. The maximum absolute atomic E-state index is 12.4. The average Bonchev–Trinajstić information content (AvgIpc) is 3.21. The van der Waals surface area contributed by atoms with Gasteiger partial charge in [0.15, 0.2) is 10.9 Å². The van der Waals surface area contributed by atoms with E-state index in [1.807, 2.05) is 47.3 Å². The molecule has 0 saturated carbocycles. The zero-order valence-electron chi connectivity index (χ0n) is 16.7. The fraction of sp³-hybridized carbons (Fsp3) is 0.0476. The van der Waals surface area contributed by atoms with Gasteiger partial charge in [0.1, 0.15) is 0 Å². The minimum absolute atomic E-state index is 0.00628. The highest BCUT2D eigenvalue weighted by Gasteiger charge is 2.15. The minimum Gasteiger partial charge on any atom is -0.332 e. The van der Waals surface area contributed by atoms with E-state index in [4.69, 9.17) is 12.2 Å². The van der Waals surface area contributed by atoms with Gasteiger partial charge in [-0.1, -0.05) is 30.3 Å². The second-order valence-electron chi connectivity index (χ2n) is 6.67. The molecule has 9 nitrogen and oxygen atoms in total. The van der Waals surface area contributed by atoms with Crippen molar-refractivity contribution < 1.29 is 8.42 Å². The van der Waals surface area contributed by atoms with E-state index in [-0.39, 0.29) is 10.8 Å². The number of sulfonamides is 1.